The minimum absolute atomic E-state index is 0.358. The standard InChI is InChI=1S/C11H10ClF2NO3S/c12-19(17,18)7-3-8(10(14)9(13)4-7)11(16)15-5-6-1-2-6/h3-4,6H,1-2,5H2,(H,15,16). The third-order valence-electron chi connectivity index (χ3n) is 2.78. The first-order valence-electron chi connectivity index (χ1n) is 5.51. The Kier molecular flexibility index (Phi) is 3.78. The molecule has 1 fully saturated rings. The van der Waals surface area contributed by atoms with Gasteiger partial charge in [-0.25, -0.2) is 17.2 Å². The molecule has 1 saturated carbocycles. The molecule has 0 radical (unpaired) electrons. The average Bonchev–Trinajstić information content (AvgIpc) is 3.11. The fourth-order valence-electron chi connectivity index (χ4n) is 1.52. The van der Waals surface area contributed by atoms with E-state index in [4.69, 9.17) is 10.7 Å². The summed E-state index contributed by atoms with van der Waals surface area (Å²) in [6, 6.07) is 1.16. The average molecular weight is 310 g/mol. The van der Waals surface area contributed by atoms with Gasteiger partial charge in [0.2, 0.25) is 0 Å². The van der Waals surface area contributed by atoms with Crippen LogP contribution >= 0.6 is 10.7 Å². The molecule has 0 aromatic heterocycles. The molecule has 1 aromatic rings. The highest BCUT2D eigenvalue weighted by Gasteiger charge is 2.25. The quantitative estimate of drug-likeness (QED) is 0.866. The largest absolute Gasteiger partial charge is 0.352 e. The van der Waals surface area contributed by atoms with Crippen molar-refractivity contribution < 1.29 is 22.0 Å². The zero-order chi connectivity index (χ0) is 14.2. The van der Waals surface area contributed by atoms with Crippen LogP contribution in [-0.4, -0.2) is 20.9 Å². The van der Waals surface area contributed by atoms with Crippen LogP contribution < -0.4 is 5.32 Å². The lowest BCUT2D eigenvalue weighted by Gasteiger charge is -2.07. The normalized spacial score (nSPS) is 15.3. The first-order valence-corrected chi connectivity index (χ1v) is 7.82. The molecular formula is C11H10ClF2NO3S. The number of benzene rings is 1. The summed E-state index contributed by atoms with van der Waals surface area (Å²) in [5.74, 6) is -3.32. The minimum atomic E-state index is -4.23. The van der Waals surface area contributed by atoms with Crippen molar-refractivity contribution in [3.63, 3.8) is 0 Å². The molecule has 2 rings (SSSR count). The number of carbonyl (C=O) groups excluding carboxylic acids is 1. The van der Waals surface area contributed by atoms with Gasteiger partial charge in [0.05, 0.1) is 10.5 Å². The summed E-state index contributed by atoms with van der Waals surface area (Å²) in [7, 11) is 0.817. The Bertz CT molecular complexity index is 629. The van der Waals surface area contributed by atoms with Crippen LogP contribution in [0.1, 0.15) is 23.2 Å². The number of carbonyl (C=O) groups is 1. The van der Waals surface area contributed by atoms with E-state index in [0.29, 0.717) is 18.5 Å². The molecular weight excluding hydrogens is 300 g/mol. The SMILES string of the molecule is O=C(NCC1CC1)c1cc(S(=O)(=O)Cl)cc(F)c1F. The van der Waals surface area contributed by atoms with Crippen LogP contribution in [0.4, 0.5) is 8.78 Å². The van der Waals surface area contributed by atoms with E-state index in [1.54, 1.807) is 0 Å². The molecule has 0 spiro atoms. The molecule has 8 heteroatoms. The maximum atomic E-state index is 13.5. The smallest absolute Gasteiger partial charge is 0.261 e. The van der Waals surface area contributed by atoms with Crippen LogP contribution in [-0.2, 0) is 9.05 Å². The Morgan fingerprint density at radius 2 is 2.00 bits per heavy atom. The fourth-order valence-corrected chi connectivity index (χ4v) is 2.29. The van der Waals surface area contributed by atoms with Crippen molar-refractivity contribution >= 4 is 25.6 Å². The lowest BCUT2D eigenvalue weighted by atomic mass is 10.2. The van der Waals surface area contributed by atoms with Gasteiger partial charge in [0.25, 0.3) is 15.0 Å². The van der Waals surface area contributed by atoms with Crippen LogP contribution in [0.3, 0.4) is 0 Å². The molecule has 0 bridgehead atoms. The van der Waals surface area contributed by atoms with Crippen LogP contribution in [0.25, 0.3) is 0 Å². The molecule has 19 heavy (non-hydrogen) atoms. The molecule has 1 N–H and O–H groups in total. The van der Waals surface area contributed by atoms with Gasteiger partial charge in [-0.1, -0.05) is 0 Å². The second kappa shape index (κ2) is 5.05. The topological polar surface area (TPSA) is 63.2 Å². The highest BCUT2D eigenvalue weighted by Crippen LogP contribution is 2.28. The molecule has 0 atom stereocenters. The molecule has 1 aromatic carbocycles. The molecule has 0 saturated heterocycles. The third-order valence-corrected chi connectivity index (χ3v) is 4.11. The predicted octanol–water partition coefficient (Wildman–Crippen LogP) is 2.03. The van der Waals surface area contributed by atoms with E-state index in [2.05, 4.69) is 5.32 Å². The Labute approximate surface area is 113 Å². The van der Waals surface area contributed by atoms with E-state index in [1.165, 1.54) is 0 Å². The number of halogens is 3. The molecule has 1 aliphatic carbocycles. The highest BCUT2D eigenvalue weighted by molar-refractivity contribution is 8.13. The fraction of sp³-hybridized carbons (Fsp3) is 0.364. The van der Waals surface area contributed by atoms with E-state index >= 15 is 0 Å². The summed E-state index contributed by atoms with van der Waals surface area (Å²) in [5.41, 5.74) is -0.667. The van der Waals surface area contributed by atoms with Crippen molar-refractivity contribution in [2.24, 2.45) is 5.92 Å². The monoisotopic (exact) mass is 309 g/mol. The maximum Gasteiger partial charge on any atom is 0.261 e. The minimum Gasteiger partial charge on any atom is -0.352 e. The summed E-state index contributed by atoms with van der Waals surface area (Å²) in [4.78, 5) is 11.0. The summed E-state index contributed by atoms with van der Waals surface area (Å²) in [6.07, 6.45) is 1.96. The zero-order valence-corrected chi connectivity index (χ0v) is 11.2. The predicted molar refractivity (Wildman–Crippen MR) is 64.5 cm³/mol. The molecule has 0 heterocycles. The number of hydrogen-bond acceptors (Lipinski definition) is 3. The molecule has 0 unspecified atom stereocenters. The van der Waals surface area contributed by atoms with Gasteiger partial charge in [0.1, 0.15) is 0 Å². The second-order valence-electron chi connectivity index (χ2n) is 4.36. The van der Waals surface area contributed by atoms with Gasteiger partial charge < -0.3 is 5.32 Å². The first-order chi connectivity index (χ1) is 8.79. The molecule has 1 amide bonds. The van der Waals surface area contributed by atoms with Crippen molar-refractivity contribution in [2.75, 3.05) is 6.54 Å². The van der Waals surface area contributed by atoms with Gasteiger partial charge in [-0.2, -0.15) is 0 Å². The van der Waals surface area contributed by atoms with E-state index < -0.39 is 37.1 Å². The number of amides is 1. The number of rotatable bonds is 4. The Balaban J connectivity index is 2.31. The third kappa shape index (κ3) is 3.42. The Morgan fingerprint density at radius 1 is 1.37 bits per heavy atom. The van der Waals surface area contributed by atoms with E-state index in [0.717, 1.165) is 18.9 Å². The Morgan fingerprint density at radius 3 is 2.53 bits per heavy atom. The lowest BCUT2D eigenvalue weighted by Crippen LogP contribution is -2.27. The van der Waals surface area contributed by atoms with Gasteiger partial charge in [0.15, 0.2) is 11.6 Å². The molecule has 1 aliphatic rings. The van der Waals surface area contributed by atoms with Crippen LogP contribution in [0.5, 0.6) is 0 Å². The van der Waals surface area contributed by atoms with Gasteiger partial charge in [-0.3, -0.25) is 4.79 Å². The van der Waals surface area contributed by atoms with Crippen molar-refractivity contribution in [1.82, 2.24) is 5.32 Å². The maximum absolute atomic E-state index is 13.5. The number of hydrogen-bond donors (Lipinski definition) is 1. The van der Waals surface area contributed by atoms with Crippen molar-refractivity contribution in [3.8, 4) is 0 Å². The number of nitrogens with one attached hydrogen (secondary N) is 1. The molecule has 0 aliphatic heterocycles. The zero-order valence-electron chi connectivity index (χ0n) is 9.62. The van der Waals surface area contributed by atoms with Gasteiger partial charge >= 0.3 is 0 Å². The Hall–Kier alpha value is -1.21. The van der Waals surface area contributed by atoms with Crippen LogP contribution in [0, 0.1) is 17.6 Å². The summed E-state index contributed by atoms with van der Waals surface area (Å²) < 4.78 is 48.9. The lowest BCUT2D eigenvalue weighted by molar-refractivity contribution is 0.0946. The van der Waals surface area contributed by atoms with Crippen molar-refractivity contribution in [3.05, 3.63) is 29.3 Å². The molecule has 4 nitrogen and oxygen atoms in total. The van der Waals surface area contributed by atoms with Crippen LogP contribution in [0.15, 0.2) is 17.0 Å². The highest BCUT2D eigenvalue weighted by atomic mass is 35.7. The summed E-state index contributed by atoms with van der Waals surface area (Å²) in [6.45, 7) is 0.359. The molecule has 104 valence electrons. The van der Waals surface area contributed by atoms with E-state index in [1.807, 2.05) is 0 Å². The van der Waals surface area contributed by atoms with Crippen molar-refractivity contribution in [1.29, 1.82) is 0 Å². The second-order valence-corrected chi connectivity index (χ2v) is 6.92. The van der Waals surface area contributed by atoms with E-state index in [9.17, 15) is 22.0 Å². The van der Waals surface area contributed by atoms with Gasteiger partial charge in [0, 0.05) is 17.2 Å². The summed E-state index contributed by atoms with van der Waals surface area (Å²) in [5, 5.41) is 2.42. The van der Waals surface area contributed by atoms with Crippen LogP contribution in [0.2, 0.25) is 0 Å². The van der Waals surface area contributed by atoms with Crippen molar-refractivity contribution in [2.45, 2.75) is 17.7 Å². The summed E-state index contributed by atoms with van der Waals surface area (Å²) >= 11 is 0. The van der Waals surface area contributed by atoms with Gasteiger partial charge in [-0.15, -0.1) is 0 Å². The van der Waals surface area contributed by atoms with E-state index in [-0.39, 0.29) is 0 Å². The van der Waals surface area contributed by atoms with Gasteiger partial charge in [-0.05, 0) is 30.9 Å². The first kappa shape index (κ1) is 14.2.